The molecule has 3 rings (SSSR count). The fourth-order valence-corrected chi connectivity index (χ4v) is 3.17. The van der Waals surface area contributed by atoms with E-state index in [1.807, 2.05) is 41.3 Å². The van der Waals surface area contributed by atoms with Gasteiger partial charge in [-0.3, -0.25) is 9.69 Å². The van der Waals surface area contributed by atoms with Crippen LogP contribution >= 0.6 is 0 Å². The second-order valence-electron chi connectivity index (χ2n) is 6.56. The maximum atomic E-state index is 13.2. The van der Waals surface area contributed by atoms with Crippen LogP contribution < -0.4 is 4.74 Å². The number of hydrogen-bond acceptors (Lipinski definition) is 3. The maximum Gasteiger partial charge on any atom is 0.260 e. The minimum absolute atomic E-state index is 0.0354. The number of piperazine rings is 1. The van der Waals surface area contributed by atoms with Gasteiger partial charge in [-0.1, -0.05) is 30.3 Å². The molecule has 1 saturated heterocycles. The lowest BCUT2D eigenvalue weighted by Gasteiger charge is -2.34. The fraction of sp³-hybridized carbons (Fsp3) is 0.381. The number of aryl methyl sites for hydroxylation is 1. The summed E-state index contributed by atoms with van der Waals surface area (Å²) in [4.78, 5) is 16.5. The van der Waals surface area contributed by atoms with Gasteiger partial charge in [0.15, 0.2) is 6.61 Å². The fourth-order valence-electron chi connectivity index (χ4n) is 3.17. The summed E-state index contributed by atoms with van der Waals surface area (Å²) >= 11 is 0. The van der Waals surface area contributed by atoms with Crippen LogP contribution in [-0.2, 0) is 11.2 Å². The van der Waals surface area contributed by atoms with Gasteiger partial charge >= 0.3 is 0 Å². The van der Waals surface area contributed by atoms with E-state index < -0.39 is 0 Å². The minimum Gasteiger partial charge on any atom is -0.484 e. The van der Waals surface area contributed by atoms with Crippen LogP contribution in [0.3, 0.4) is 0 Å². The molecular formula is C21H25FN2O2. The predicted molar refractivity (Wildman–Crippen MR) is 99.7 cm³/mol. The van der Waals surface area contributed by atoms with Gasteiger partial charge in [0.1, 0.15) is 11.6 Å². The topological polar surface area (TPSA) is 32.8 Å². The highest BCUT2D eigenvalue weighted by Crippen LogP contribution is 2.10. The van der Waals surface area contributed by atoms with Crippen LogP contribution in [0.15, 0.2) is 54.6 Å². The zero-order valence-electron chi connectivity index (χ0n) is 14.9. The molecule has 138 valence electrons. The van der Waals surface area contributed by atoms with Crippen LogP contribution in [0.4, 0.5) is 4.39 Å². The van der Waals surface area contributed by atoms with Crippen molar-refractivity contribution in [1.82, 2.24) is 9.80 Å². The van der Waals surface area contributed by atoms with E-state index in [1.54, 1.807) is 12.1 Å². The Balaban J connectivity index is 1.34. The average Bonchev–Trinajstić information content (AvgIpc) is 2.67. The molecule has 5 heteroatoms. The number of hydrogen-bond donors (Lipinski definition) is 0. The number of para-hydroxylation sites is 1. The van der Waals surface area contributed by atoms with Gasteiger partial charge in [0.2, 0.25) is 0 Å². The van der Waals surface area contributed by atoms with Gasteiger partial charge in [-0.15, -0.1) is 0 Å². The second kappa shape index (κ2) is 9.34. The molecule has 0 radical (unpaired) electrons. The van der Waals surface area contributed by atoms with Crippen molar-refractivity contribution in [3.63, 3.8) is 0 Å². The summed E-state index contributed by atoms with van der Waals surface area (Å²) in [5.74, 6) is 0.581. The van der Waals surface area contributed by atoms with Gasteiger partial charge in [-0.2, -0.15) is 0 Å². The van der Waals surface area contributed by atoms with Crippen molar-refractivity contribution in [3.8, 4) is 5.75 Å². The molecular weight excluding hydrogens is 331 g/mol. The third-order valence-corrected chi connectivity index (χ3v) is 4.66. The quantitative estimate of drug-likeness (QED) is 0.765. The van der Waals surface area contributed by atoms with Gasteiger partial charge in [-0.25, -0.2) is 4.39 Å². The summed E-state index contributed by atoms with van der Waals surface area (Å²) in [5.41, 5.74) is 1.04. The minimum atomic E-state index is -0.174. The zero-order chi connectivity index (χ0) is 18.2. The number of carbonyl (C=O) groups is 1. The summed E-state index contributed by atoms with van der Waals surface area (Å²) < 4.78 is 18.7. The zero-order valence-corrected chi connectivity index (χ0v) is 14.9. The van der Waals surface area contributed by atoms with E-state index in [2.05, 4.69) is 4.90 Å². The van der Waals surface area contributed by atoms with E-state index >= 15 is 0 Å². The van der Waals surface area contributed by atoms with Crippen molar-refractivity contribution < 1.29 is 13.9 Å². The van der Waals surface area contributed by atoms with Gasteiger partial charge in [0, 0.05) is 26.2 Å². The summed E-state index contributed by atoms with van der Waals surface area (Å²) in [6.45, 7) is 4.27. The lowest BCUT2D eigenvalue weighted by atomic mass is 10.1. The summed E-state index contributed by atoms with van der Waals surface area (Å²) in [7, 11) is 0. The molecule has 0 unspecified atom stereocenters. The Hall–Kier alpha value is -2.40. The number of nitrogens with zero attached hydrogens (tertiary/aromatic N) is 2. The normalized spacial score (nSPS) is 15.0. The van der Waals surface area contributed by atoms with E-state index in [-0.39, 0.29) is 18.3 Å². The van der Waals surface area contributed by atoms with E-state index in [4.69, 9.17) is 4.74 Å². The number of carbonyl (C=O) groups excluding carboxylic acids is 1. The van der Waals surface area contributed by atoms with E-state index in [9.17, 15) is 9.18 Å². The third kappa shape index (κ3) is 5.56. The predicted octanol–water partition coefficient (Wildman–Crippen LogP) is 2.98. The smallest absolute Gasteiger partial charge is 0.260 e. The highest BCUT2D eigenvalue weighted by atomic mass is 19.1. The molecule has 2 aromatic carbocycles. The van der Waals surface area contributed by atoms with Gasteiger partial charge in [-0.05, 0) is 49.2 Å². The Labute approximate surface area is 154 Å². The largest absolute Gasteiger partial charge is 0.484 e. The van der Waals surface area contributed by atoms with Crippen LogP contribution in [0.2, 0.25) is 0 Å². The van der Waals surface area contributed by atoms with Gasteiger partial charge in [0.05, 0.1) is 0 Å². The Bertz CT molecular complexity index is 700. The number of benzene rings is 2. The monoisotopic (exact) mass is 356 g/mol. The Morgan fingerprint density at radius 1 is 1.00 bits per heavy atom. The number of ether oxygens (including phenoxy) is 1. The molecule has 26 heavy (non-hydrogen) atoms. The summed E-state index contributed by atoms with van der Waals surface area (Å²) in [5, 5.41) is 0. The third-order valence-electron chi connectivity index (χ3n) is 4.66. The molecule has 4 nitrogen and oxygen atoms in total. The summed E-state index contributed by atoms with van der Waals surface area (Å²) in [6.07, 6.45) is 1.87. The second-order valence-corrected chi connectivity index (χ2v) is 6.56. The molecule has 0 bridgehead atoms. The molecule has 0 N–H and O–H groups in total. The van der Waals surface area contributed by atoms with Crippen molar-refractivity contribution >= 4 is 5.91 Å². The standard InChI is InChI=1S/C21H25FN2O2/c22-19-8-4-6-18(16-19)7-5-11-23-12-14-24(15-13-23)21(25)17-26-20-9-2-1-3-10-20/h1-4,6,8-10,16H,5,7,11-15,17H2. The van der Waals surface area contributed by atoms with Crippen LogP contribution in [0.1, 0.15) is 12.0 Å². The van der Waals surface area contributed by atoms with Crippen LogP contribution in [-0.4, -0.2) is 55.0 Å². The van der Waals surface area contributed by atoms with E-state index in [0.29, 0.717) is 0 Å². The Morgan fingerprint density at radius 3 is 2.50 bits per heavy atom. The molecule has 1 aliphatic rings. The van der Waals surface area contributed by atoms with Crippen LogP contribution in [0.5, 0.6) is 5.75 Å². The number of halogens is 1. The first kappa shape index (κ1) is 18.4. The maximum absolute atomic E-state index is 13.2. The SMILES string of the molecule is O=C(COc1ccccc1)N1CCN(CCCc2cccc(F)c2)CC1. The Morgan fingerprint density at radius 2 is 1.77 bits per heavy atom. The van der Waals surface area contributed by atoms with Crippen molar-refractivity contribution in [2.24, 2.45) is 0 Å². The van der Waals surface area contributed by atoms with Crippen molar-refractivity contribution in [2.75, 3.05) is 39.3 Å². The molecule has 1 heterocycles. The van der Waals surface area contributed by atoms with Crippen molar-refractivity contribution in [1.29, 1.82) is 0 Å². The lowest BCUT2D eigenvalue weighted by molar-refractivity contribution is -0.135. The first-order valence-electron chi connectivity index (χ1n) is 9.13. The number of amides is 1. The van der Waals surface area contributed by atoms with Crippen molar-refractivity contribution in [2.45, 2.75) is 12.8 Å². The first-order chi connectivity index (χ1) is 12.7. The van der Waals surface area contributed by atoms with E-state index in [0.717, 1.165) is 56.9 Å². The Kier molecular flexibility index (Phi) is 6.61. The van der Waals surface area contributed by atoms with Gasteiger partial charge < -0.3 is 9.64 Å². The van der Waals surface area contributed by atoms with Gasteiger partial charge in [0.25, 0.3) is 5.91 Å². The molecule has 1 amide bonds. The molecule has 0 saturated carbocycles. The highest BCUT2D eigenvalue weighted by Gasteiger charge is 2.21. The average molecular weight is 356 g/mol. The molecule has 0 aliphatic carbocycles. The molecule has 1 fully saturated rings. The molecule has 0 spiro atoms. The highest BCUT2D eigenvalue weighted by molar-refractivity contribution is 5.77. The summed E-state index contributed by atoms with van der Waals surface area (Å²) in [6, 6.07) is 16.2. The number of rotatable bonds is 7. The van der Waals surface area contributed by atoms with Crippen LogP contribution in [0, 0.1) is 5.82 Å². The van der Waals surface area contributed by atoms with Crippen LogP contribution in [0.25, 0.3) is 0 Å². The molecule has 0 atom stereocenters. The lowest BCUT2D eigenvalue weighted by Crippen LogP contribution is -2.50. The van der Waals surface area contributed by atoms with Crippen molar-refractivity contribution in [3.05, 3.63) is 66.0 Å². The molecule has 2 aromatic rings. The molecule has 1 aliphatic heterocycles. The molecule has 0 aromatic heterocycles. The first-order valence-corrected chi connectivity index (χ1v) is 9.13. The van der Waals surface area contributed by atoms with E-state index in [1.165, 1.54) is 6.07 Å².